The largest absolute Gasteiger partial charge is 0.268 e. The molecule has 2 aromatic heterocycles. The number of benzene rings is 1. The average Bonchev–Trinajstić information content (AvgIpc) is 2.54. The van der Waals surface area contributed by atoms with Gasteiger partial charge in [-0.3, -0.25) is 9.36 Å². The Labute approximate surface area is 124 Å². The van der Waals surface area contributed by atoms with Crippen molar-refractivity contribution < 1.29 is 0 Å². The standard InChI is InChI=1S/C15H10N4OS/c16-8-10-21-15-18-13-12(7-4-9-17-13)14(20)19(15)11-5-2-1-3-6-11/h1-7,9H,10H2. The number of thioether (sulfide) groups is 1. The van der Waals surface area contributed by atoms with Gasteiger partial charge >= 0.3 is 0 Å². The van der Waals surface area contributed by atoms with Crippen LogP contribution in [0.15, 0.2) is 58.6 Å². The molecule has 0 atom stereocenters. The van der Waals surface area contributed by atoms with Crippen molar-refractivity contribution in [3.63, 3.8) is 0 Å². The molecule has 0 unspecified atom stereocenters. The molecule has 3 aromatic rings. The number of rotatable bonds is 3. The Balaban J connectivity index is 2.32. The Morgan fingerprint density at radius 1 is 1.19 bits per heavy atom. The summed E-state index contributed by atoms with van der Waals surface area (Å²) in [6, 6.07) is 14.7. The summed E-state index contributed by atoms with van der Waals surface area (Å²) < 4.78 is 1.52. The predicted molar refractivity (Wildman–Crippen MR) is 81.5 cm³/mol. The van der Waals surface area contributed by atoms with Gasteiger partial charge in [-0.25, -0.2) is 9.97 Å². The van der Waals surface area contributed by atoms with Crippen molar-refractivity contribution >= 4 is 22.8 Å². The van der Waals surface area contributed by atoms with E-state index in [-0.39, 0.29) is 11.3 Å². The minimum atomic E-state index is -0.181. The molecule has 0 amide bonds. The molecule has 0 radical (unpaired) electrons. The normalized spacial score (nSPS) is 10.4. The zero-order valence-electron chi connectivity index (χ0n) is 10.9. The lowest BCUT2D eigenvalue weighted by Crippen LogP contribution is -2.22. The van der Waals surface area contributed by atoms with Gasteiger partial charge in [-0.2, -0.15) is 5.26 Å². The van der Waals surface area contributed by atoms with Gasteiger partial charge in [0.05, 0.1) is 22.9 Å². The SMILES string of the molecule is N#CCSc1nc2ncccc2c(=O)n1-c1ccccc1. The summed E-state index contributed by atoms with van der Waals surface area (Å²) in [6.45, 7) is 0. The molecule has 0 spiro atoms. The lowest BCUT2D eigenvalue weighted by atomic mass is 10.3. The average molecular weight is 294 g/mol. The van der Waals surface area contributed by atoms with Crippen molar-refractivity contribution in [2.24, 2.45) is 0 Å². The lowest BCUT2D eigenvalue weighted by Gasteiger charge is -2.11. The Kier molecular flexibility index (Phi) is 3.67. The van der Waals surface area contributed by atoms with E-state index in [1.54, 1.807) is 18.3 Å². The maximum absolute atomic E-state index is 12.7. The first-order valence-corrected chi connectivity index (χ1v) is 7.23. The van der Waals surface area contributed by atoms with Gasteiger partial charge in [0.2, 0.25) is 0 Å². The van der Waals surface area contributed by atoms with Crippen molar-refractivity contribution in [3.8, 4) is 11.8 Å². The van der Waals surface area contributed by atoms with Crippen LogP contribution in [0.3, 0.4) is 0 Å². The summed E-state index contributed by atoms with van der Waals surface area (Å²) in [5.41, 5.74) is 0.941. The smallest absolute Gasteiger partial charge is 0.268 e. The van der Waals surface area contributed by atoms with Gasteiger partial charge in [0, 0.05) is 6.20 Å². The van der Waals surface area contributed by atoms with E-state index in [2.05, 4.69) is 9.97 Å². The molecule has 1 aromatic carbocycles. The van der Waals surface area contributed by atoms with Gasteiger partial charge in [0.15, 0.2) is 10.8 Å². The summed E-state index contributed by atoms with van der Waals surface area (Å²) in [5, 5.41) is 9.70. The lowest BCUT2D eigenvalue weighted by molar-refractivity contribution is 0.816. The Bertz CT molecular complexity index is 884. The zero-order valence-corrected chi connectivity index (χ0v) is 11.7. The predicted octanol–water partition coefficient (Wildman–Crippen LogP) is 2.40. The number of fused-ring (bicyclic) bond motifs is 1. The molecule has 0 bridgehead atoms. The summed E-state index contributed by atoms with van der Waals surface area (Å²) in [7, 11) is 0. The first-order valence-electron chi connectivity index (χ1n) is 6.24. The Hall–Kier alpha value is -2.65. The molecule has 3 rings (SSSR count). The van der Waals surface area contributed by atoms with Gasteiger partial charge in [-0.05, 0) is 24.3 Å². The number of hydrogen-bond donors (Lipinski definition) is 0. The monoisotopic (exact) mass is 294 g/mol. The highest BCUT2D eigenvalue weighted by Gasteiger charge is 2.13. The molecule has 21 heavy (non-hydrogen) atoms. The molecular formula is C15H10N4OS. The molecule has 0 fully saturated rings. The zero-order chi connectivity index (χ0) is 14.7. The minimum absolute atomic E-state index is 0.181. The van der Waals surface area contributed by atoms with Gasteiger partial charge in [-0.15, -0.1) is 0 Å². The molecule has 102 valence electrons. The molecule has 0 N–H and O–H groups in total. The van der Waals surface area contributed by atoms with Gasteiger partial charge in [0.1, 0.15) is 0 Å². The molecule has 0 saturated carbocycles. The second-order valence-electron chi connectivity index (χ2n) is 4.19. The number of nitrogens with zero attached hydrogens (tertiary/aromatic N) is 4. The number of nitriles is 1. The van der Waals surface area contributed by atoms with Gasteiger partial charge in [-0.1, -0.05) is 30.0 Å². The highest BCUT2D eigenvalue weighted by Crippen LogP contribution is 2.19. The quantitative estimate of drug-likeness (QED) is 0.548. The first kappa shape index (κ1) is 13.3. The highest BCUT2D eigenvalue weighted by molar-refractivity contribution is 7.99. The van der Waals surface area contributed by atoms with E-state index in [9.17, 15) is 4.79 Å². The van der Waals surface area contributed by atoms with Crippen molar-refractivity contribution in [2.45, 2.75) is 5.16 Å². The molecule has 5 nitrogen and oxygen atoms in total. The van der Waals surface area contributed by atoms with E-state index in [4.69, 9.17) is 5.26 Å². The van der Waals surface area contributed by atoms with E-state index < -0.39 is 0 Å². The third kappa shape index (κ3) is 2.51. The number of aromatic nitrogens is 3. The fourth-order valence-electron chi connectivity index (χ4n) is 2.00. The van der Waals surface area contributed by atoms with Crippen LogP contribution < -0.4 is 5.56 Å². The second-order valence-corrected chi connectivity index (χ2v) is 5.13. The Morgan fingerprint density at radius 2 is 2.00 bits per heavy atom. The van der Waals surface area contributed by atoms with Crippen LogP contribution in [0.1, 0.15) is 0 Å². The van der Waals surface area contributed by atoms with Crippen LogP contribution in [0.25, 0.3) is 16.7 Å². The highest BCUT2D eigenvalue weighted by atomic mass is 32.2. The Morgan fingerprint density at radius 3 is 2.76 bits per heavy atom. The van der Waals surface area contributed by atoms with Crippen LogP contribution in [0.4, 0.5) is 0 Å². The summed E-state index contributed by atoms with van der Waals surface area (Å²) in [4.78, 5) is 21.2. The molecule has 2 heterocycles. The topological polar surface area (TPSA) is 71.6 Å². The molecular weight excluding hydrogens is 284 g/mol. The van der Waals surface area contributed by atoms with Crippen LogP contribution in [0, 0.1) is 11.3 Å². The molecule has 0 aliphatic carbocycles. The van der Waals surface area contributed by atoms with E-state index >= 15 is 0 Å². The van der Waals surface area contributed by atoms with Crippen molar-refractivity contribution in [2.75, 3.05) is 5.75 Å². The number of hydrogen-bond acceptors (Lipinski definition) is 5. The third-order valence-electron chi connectivity index (χ3n) is 2.89. The fourth-order valence-corrected chi connectivity index (χ4v) is 2.66. The molecule has 0 aliphatic heterocycles. The fraction of sp³-hybridized carbons (Fsp3) is 0.0667. The number of para-hydroxylation sites is 1. The third-order valence-corrected chi connectivity index (χ3v) is 3.70. The summed E-state index contributed by atoms with van der Waals surface area (Å²) >= 11 is 1.22. The molecule has 6 heteroatoms. The van der Waals surface area contributed by atoms with Crippen LogP contribution in [0.5, 0.6) is 0 Å². The maximum Gasteiger partial charge on any atom is 0.268 e. The van der Waals surface area contributed by atoms with Crippen molar-refractivity contribution in [3.05, 3.63) is 59.0 Å². The number of pyridine rings is 1. The van der Waals surface area contributed by atoms with Gasteiger partial charge in [0.25, 0.3) is 5.56 Å². The summed E-state index contributed by atoms with van der Waals surface area (Å²) in [5.74, 6) is 0.220. The second kappa shape index (κ2) is 5.77. The first-order chi connectivity index (χ1) is 10.3. The molecule has 0 saturated heterocycles. The minimum Gasteiger partial charge on any atom is -0.268 e. The van der Waals surface area contributed by atoms with Gasteiger partial charge < -0.3 is 0 Å². The van der Waals surface area contributed by atoms with E-state index in [0.717, 1.165) is 5.69 Å². The summed E-state index contributed by atoms with van der Waals surface area (Å²) in [6.07, 6.45) is 1.60. The van der Waals surface area contributed by atoms with Crippen molar-refractivity contribution in [1.82, 2.24) is 14.5 Å². The van der Waals surface area contributed by atoms with E-state index in [1.807, 2.05) is 36.4 Å². The van der Waals surface area contributed by atoms with Crippen LogP contribution in [-0.4, -0.2) is 20.3 Å². The maximum atomic E-state index is 12.7. The van der Waals surface area contributed by atoms with E-state index in [1.165, 1.54) is 16.3 Å². The van der Waals surface area contributed by atoms with Crippen LogP contribution >= 0.6 is 11.8 Å². The molecule has 0 aliphatic rings. The van der Waals surface area contributed by atoms with Crippen molar-refractivity contribution in [1.29, 1.82) is 5.26 Å². The van der Waals surface area contributed by atoms with Crippen LogP contribution in [0.2, 0.25) is 0 Å². The van der Waals surface area contributed by atoms with E-state index in [0.29, 0.717) is 16.2 Å². The van der Waals surface area contributed by atoms with Crippen LogP contribution in [-0.2, 0) is 0 Å².